The third-order valence-corrected chi connectivity index (χ3v) is 4.75. The van der Waals surface area contributed by atoms with Crippen LogP contribution < -0.4 is 0 Å². The number of rotatable bonds is 3. The molecule has 0 saturated heterocycles. The molecule has 2 rings (SSSR count). The lowest BCUT2D eigenvalue weighted by Crippen LogP contribution is -2.54. The van der Waals surface area contributed by atoms with Gasteiger partial charge in [-0.2, -0.15) is 0 Å². The summed E-state index contributed by atoms with van der Waals surface area (Å²) in [4.78, 5) is 36.6. The number of benzene rings is 1. The molecule has 0 aliphatic heterocycles. The number of hydrogen-bond acceptors (Lipinski definition) is 4. The molecule has 1 saturated carbocycles. The van der Waals surface area contributed by atoms with E-state index in [1.54, 1.807) is 24.3 Å². The van der Waals surface area contributed by atoms with Gasteiger partial charge in [-0.1, -0.05) is 29.8 Å². The van der Waals surface area contributed by atoms with Crippen molar-refractivity contribution in [1.29, 1.82) is 0 Å². The quantitative estimate of drug-likeness (QED) is 0.868. The van der Waals surface area contributed by atoms with Crippen LogP contribution in [0.5, 0.6) is 0 Å². The third-order valence-electron chi connectivity index (χ3n) is 4.41. The van der Waals surface area contributed by atoms with Gasteiger partial charge in [-0.15, -0.1) is 0 Å². The number of Topliss-reactive ketones (excluding diaryl/α,β-unsaturated/α-hetero) is 3. The number of ketones is 3. The van der Waals surface area contributed by atoms with Crippen LogP contribution in [0.3, 0.4) is 0 Å². The first-order chi connectivity index (χ1) is 10.2. The van der Waals surface area contributed by atoms with E-state index < -0.39 is 23.4 Å². The van der Waals surface area contributed by atoms with Gasteiger partial charge in [0.05, 0.1) is 17.4 Å². The lowest BCUT2D eigenvalue weighted by Gasteiger charge is -2.44. The fourth-order valence-corrected chi connectivity index (χ4v) is 3.89. The second kappa shape index (κ2) is 5.94. The molecule has 4 nitrogen and oxygen atoms in total. The fourth-order valence-electron chi connectivity index (χ4n) is 3.63. The van der Waals surface area contributed by atoms with Crippen molar-refractivity contribution in [2.45, 2.75) is 38.7 Å². The topological polar surface area (TPSA) is 71.4 Å². The maximum Gasteiger partial charge on any atom is 0.146 e. The molecule has 0 bridgehead atoms. The molecule has 1 aliphatic rings. The normalized spacial score (nSPS) is 31.9. The van der Waals surface area contributed by atoms with Crippen LogP contribution in [0.25, 0.3) is 0 Å². The van der Waals surface area contributed by atoms with Gasteiger partial charge in [0.15, 0.2) is 0 Å². The van der Waals surface area contributed by atoms with Gasteiger partial charge >= 0.3 is 0 Å². The Bertz CT molecular complexity index is 635. The summed E-state index contributed by atoms with van der Waals surface area (Å²) in [5.41, 5.74) is -0.934. The minimum absolute atomic E-state index is 0.206. The molecule has 1 aromatic carbocycles. The van der Waals surface area contributed by atoms with Crippen molar-refractivity contribution in [1.82, 2.24) is 0 Å². The number of carbonyl (C=O) groups is 3. The molecule has 1 N–H and O–H groups in total. The zero-order valence-electron chi connectivity index (χ0n) is 12.8. The van der Waals surface area contributed by atoms with Crippen molar-refractivity contribution in [2.75, 3.05) is 0 Å². The van der Waals surface area contributed by atoms with E-state index in [1.807, 2.05) is 0 Å². The van der Waals surface area contributed by atoms with Gasteiger partial charge < -0.3 is 5.11 Å². The van der Waals surface area contributed by atoms with Crippen LogP contribution in [0.2, 0.25) is 5.02 Å². The summed E-state index contributed by atoms with van der Waals surface area (Å²) in [6.07, 6.45) is -0.206. The van der Waals surface area contributed by atoms with Crippen LogP contribution in [0.1, 0.15) is 38.7 Å². The van der Waals surface area contributed by atoms with Crippen molar-refractivity contribution in [3.8, 4) is 0 Å². The number of carbonyl (C=O) groups excluding carboxylic acids is 3. The number of hydrogen-bond donors (Lipinski definition) is 1. The Kier molecular flexibility index (Phi) is 4.54. The van der Waals surface area contributed by atoms with E-state index in [2.05, 4.69) is 0 Å². The van der Waals surface area contributed by atoms with Crippen LogP contribution in [0.4, 0.5) is 0 Å². The van der Waals surface area contributed by atoms with Gasteiger partial charge in [0.1, 0.15) is 17.3 Å². The Hall–Kier alpha value is -1.52. The first-order valence-corrected chi connectivity index (χ1v) is 7.55. The predicted octanol–water partition coefficient (Wildman–Crippen LogP) is 2.56. The van der Waals surface area contributed by atoms with Crippen molar-refractivity contribution in [3.63, 3.8) is 0 Å². The molecule has 0 amide bonds. The summed E-state index contributed by atoms with van der Waals surface area (Å²) < 4.78 is 0. The van der Waals surface area contributed by atoms with Gasteiger partial charge in [-0.05, 0) is 32.4 Å². The Morgan fingerprint density at radius 2 is 1.82 bits per heavy atom. The van der Waals surface area contributed by atoms with Crippen molar-refractivity contribution in [2.24, 2.45) is 11.8 Å². The van der Waals surface area contributed by atoms with Gasteiger partial charge in [0, 0.05) is 17.4 Å². The summed E-state index contributed by atoms with van der Waals surface area (Å²) >= 11 is 6.22. The van der Waals surface area contributed by atoms with Crippen LogP contribution >= 0.6 is 11.6 Å². The Morgan fingerprint density at radius 3 is 2.32 bits per heavy atom. The van der Waals surface area contributed by atoms with Crippen LogP contribution in [-0.4, -0.2) is 28.1 Å². The second-order valence-corrected chi connectivity index (χ2v) is 6.63. The molecule has 0 radical (unpaired) electrons. The van der Waals surface area contributed by atoms with E-state index in [0.717, 1.165) is 0 Å². The maximum atomic E-state index is 12.4. The first-order valence-electron chi connectivity index (χ1n) is 7.17. The molecule has 22 heavy (non-hydrogen) atoms. The molecular weight excluding hydrogens is 304 g/mol. The molecule has 0 spiro atoms. The average Bonchev–Trinajstić information content (AvgIpc) is 2.35. The van der Waals surface area contributed by atoms with Crippen molar-refractivity contribution >= 4 is 29.0 Å². The third kappa shape index (κ3) is 2.85. The molecular formula is C17H19ClO4. The second-order valence-electron chi connectivity index (χ2n) is 6.22. The molecule has 4 atom stereocenters. The highest BCUT2D eigenvalue weighted by molar-refractivity contribution is 6.31. The van der Waals surface area contributed by atoms with E-state index in [4.69, 9.17) is 11.6 Å². The van der Waals surface area contributed by atoms with E-state index in [9.17, 15) is 19.5 Å². The Morgan fingerprint density at radius 1 is 1.23 bits per heavy atom. The summed E-state index contributed by atoms with van der Waals surface area (Å²) in [5.74, 6) is -3.45. The fraction of sp³-hybridized carbons (Fsp3) is 0.471. The lowest BCUT2D eigenvalue weighted by molar-refractivity contribution is -0.151. The minimum Gasteiger partial charge on any atom is -0.389 e. The van der Waals surface area contributed by atoms with Crippen LogP contribution in [0.15, 0.2) is 24.3 Å². The molecule has 1 fully saturated rings. The highest BCUT2D eigenvalue weighted by Gasteiger charge is 2.54. The van der Waals surface area contributed by atoms with Crippen LogP contribution in [-0.2, 0) is 14.4 Å². The smallest absolute Gasteiger partial charge is 0.146 e. The van der Waals surface area contributed by atoms with Gasteiger partial charge in [-0.25, -0.2) is 0 Å². The molecule has 5 heteroatoms. The molecule has 118 valence electrons. The largest absolute Gasteiger partial charge is 0.389 e. The first kappa shape index (κ1) is 16.8. The number of halogens is 1. The van der Waals surface area contributed by atoms with E-state index in [-0.39, 0.29) is 23.8 Å². The summed E-state index contributed by atoms with van der Waals surface area (Å²) in [6.45, 7) is 4.18. The SMILES string of the molecule is CC(=O)C1C(=O)CC(C)(O)C(C(C)=O)C1c1ccccc1Cl. The average molecular weight is 323 g/mol. The van der Waals surface area contributed by atoms with Crippen molar-refractivity contribution < 1.29 is 19.5 Å². The maximum absolute atomic E-state index is 12.4. The number of aliphatic hydroxyl groups is 1. The monoisotopic (exact) mass is 322 g/mol. The molecule has 0 heterocycles. The standard InChI is InChI=1S/C17H19ClO4/c1-9(19)14-13(21)8-17(3,22)16(10(2)20)15(14)11-6-4-5-7-12(11)18/h4-7,14-16,22H,8H2,1-3H3. The molecule has 4 unspecified atom stereocenters. The molecule has 1 aromatic rings. The van der Waals surface area contributed by atoms with Gasteiger partial charge in [0.2, 0.25) is 0 Å². The van der Waals surface area contributed by atoms with Gasteiger partial charge in [0.25, 0.3) is 0 Å². The van der Waals surface area contributed by atoms with Gasteiger partial charge in [-0.3, -0.25) is 14.4 Å². The van der Waals surface area contributed by atoms with E-state index in [1.165, 1.54) is 20.8 Å². The predicted molar refractivity (Wildman–Crippen MR) is 82.8 cm³/mol. The minimum atomic E-state index is -1.49. The van der Waals surface area contributed by atoms with Crippen molar-refractivity contribution in [3.05, 3.63) is 34.9 Å². The molecule has 1 aliphatic carbocycles. The van der Waals surface area contributed by atoms with Crippen LogP contribution in [0, 0.1) is 11.8 Å². The summed E-state index contributed by atoms with van der Waals surface area (Å²) in [7, 11) is 0. The lowest BCUT2D eigenvalue weighted by atomic mass is 9.60. The zero-order valence-corrected chi connectivity index (χ0v) is 13.6. The summed E-state index contributed by atoms with van der Waals surface area (Å²) in [6, 6.07) is 6.83. The molecule has 0 aromatic heterocycles. The summed E-state index contributed by atoms with van der Waals surface area (Å²) in [5, 5.41) is 11.0. The Labute approximate surface area is 134 Å². The Balaban J connectivity index is 2.68. The highest BCUT2D eigenvalue weighted by atomic mass is 35.5. The van der Waals surface area contributed by atoms with E-state index >= 15 is 0 Å². The highest BCUT2D eigenvalue weighted by Crippen LogP contribution is 2.47. The zero-order chi connectivity index (χ0) is 16.7. The van der Waals surface area contributed by atoms with E-state index in [0.29, 0.717) is 10.6 Å².